The summed E-state index contributed by atoms with van der Waals surface area (Å²) in [5.74, 6) is 0.725. The van der Waals surface area contributed by atoms with Crippen LogP contribution in [0.1, 0.15) is 12.8 Å². The Hall–Kier alpha value is -2.58. The second-order valence-corrected chi connectivity index (χ2v) is 8.03. The maximum Gasteiger partial charge on any atom is 0.243 e. The van der Waals surface area contributed by atoms with Gasteiger partial charge in [-0.05, 0) is 49.2 Å². The molecule has 1 fully saturated rings. The number of benzene rings is 2. The number of para-hydroxylation sites is 2. The summed E-state index contributed by atoms with van der Waals surface area (Å²) in [7, 11) is -0.749. The van der Waals surface area contributed by atoms with Crippen molar-refractivity contribution in [1.82, 2.24) is 4.31 Å². The van der Waals surface area contributed by atoms with Crippen molar-refractivity contribution >= 4 is 21.6 Å². The topological polar surface area (TPSA) is 84.9 Å². The molecule has 3 rings (SSSR count). The van der Waals surface area contributed by atoms with E-state index in [9.17, 15) is 13.2 Å². The largest absolute Gasteiger partial charge is 0.497 e. The number of hydrogen-bond acceptors (Lipinski definition) is 5. The minimum absolute atomic E-state index is 0.139. The number of hydrogen-bond donors (Lipinski definition) is 1. The van der Waals surface area contributed by atoms with E-state index in [2.05, 4.69) is 5.32 Å². The first-order valence-corrected chi connectivity index (χ1v) is 10.0. The summed E-state index contributed by atoms with van der Waals surface area (Å²) in [5, 5.41) is 2.79. The molecule has 0 spiro atoms. The fourth-order valence-electron chi connectivity index (χ4n) is 3.14. The van der Waals surface area contributed by atoms with Crippen LogP contribution in [0.5, 0.6) is 11.5 Å². The Labute approximate surface area is 158 Å². The molecule has 1 aliphatic heterocycles. The summed E-state index contributed by atoms with van der Waals surface area (Å²) in [6.07, 6.45) is 1.09. The van der Waals surface area contributed by atoms with Gasteiger partial charge in [-0.15, -0.1) is 0 Å². The molecule has 1 saturated heterocycles. The maximum absolute atomic E-state index is 13.0. The van der Waals surface area contributed by atoms with Crippen molar-refractivity contribution in [2.24, 2.45) is 0 Å². The van der Waals surface area contributed by atoms with Crippen LogP contribution < -0.4 is 14.8 Å². The van der Waals surface area contributed by atoms with Gasteiger partial charge in [0.2, 0.25) is 15.9 Å². The van der Waals surface area contributed by atoms with Gasteiger partial charge in [-0.25, -0.2) is 8.42 Å². The van der Waals surface area contributed by atoms with Gasteiger partial charge in [0, 0.05) is 6.54 Å². The van der Waals surface area contributed by atoms with Crippen LogP contribution >= 0.6 is 0 Å². The monoisotopic (exact) mass is 390 g/mol. The summed E-state index contributed by atoms with van der Waals surface area (Å²) >= 11 is 0. The molecule has 7 nitrogen and oxygen atoms in total. The van der Waals surface area contributed by atoms with E-state index in [0.717, 1.165) is 0 Å². The fraction of sp³-hybridized carbons (Fsp3) is 0.316. The molecule has 1 atom stereocenters. The summed E-state index contributed by atoms with van der Waals surface area (Å²) in [6, 6.07) is 12.4. The number of amides is 1. The van der Waals surface area contributed by atoms with Crippen molar-refractivity contribution < 1.29 is 22.7 Å². The summed E-state index contributed by atoms with van der Waals surface area (Å²) in [4.78, 5) is 12.9. The van der Waals surface area contributed by atoms with Crippen LogP contribution in [0.2, 0.25) is 0 Å². The Morgan fingerprint density at radius 1 is 1.07 bits per heavy atom. The molecule has 2 aromatic rings. The lowest BCUT2D eigenvalue weighted by Crippen LogP contribution is -2.43. The zero-order valence-electron chi connectivity index (χ0n) is 15.2. The minimum atomic E-state index is -3.78. The van der Waals surface area contributed by atoms with E-state index in [-0.39, 0.29) is 10.8 Å². The molecule has 0 aliphatic carbocycles. The Kier molecular flexibility index (Phi) is 5.67. The third-order valence-electron chi connectivity index (χ3n) is 4.54. The van der Waals surface area contributed by atoms with E-state index in [1.165, 1.54) is 30.7 Å². The van der Waals surface area contributed by atoms with E-state index < -0.39 is 16.1 Å². The van der Waals surface area contributed by atoms with E-state index in [1.807, 2.05) is 0 Å². The van der Waals surface area contributed by atoms with Crippen molar-refractivity contribution in [3.8, 4) is 11.5 Å². The van der Waals surface area contributed by atoms with Crippen LogP contribution in [-0.2, 0) is 14.8 Å². The third kappa shape index (κ3) is 3.91. The number of methoxy groups -OCH3 is 2. The second-order valence-electron chi connectivity index (χ2n) is 6.14. The highest BCUT2D eigenvalue weighted by atomic mass is 32.2. The van der Waals surface area contributed by atoms with Crippen LogP contribution in [0.3, 0.4) is 0 Å². The predicted octanol–water partition coefficient (Wildman–Crippen LogP) is 2.50. The Balaban J connectivity index is 1.82. The van der Waals surface area contributed by atoms with E-state index in [0.29, 0.717) is 36.6 Å². The number of nitrogens with one attached hydrogen (secondary N) is 1. The number of anilines is 1. The summed E-state index contributed by atoms with van der Waals surface area (Å²) in [5.41, 5.74) is 0.513. The lowest BCUT2D eigenvalue weighted by molar-refractivity contribution is -0.119. The molecule has 1 heterocycles. The normalized spacial score (nSPS) is 17.5. The molecule has 0 bridgehead atoms. The van der Waals surface area contributed by atoms with Gasteiger partial charge < -0.3 is 14.8 Å². The molecule has 144 valence electrons. The first kappa shape index (κ1) is 19.2. The molecule has 1 aliphatic rings. The minimum Gasteiger partial charge on any atom is -0.497 e. The number of carbonyl (C=O) groups excluding carboxylic acids is 1. The Morgan fingerprint density at radius 2 is 1.78 bits per heavy atom. The number of sulfonamides is 1. The van der Waals surface area contributed by atoms with Crippen molar-refractivity contribution in [2.45, 2.75) is 23.8 Å². The van der Waals surface area contributed by atoms with Crippen molar-refractivity contribution in [3.63, 3.8) is 0 Å². The summed E-state index contributed by atoms with van der Waals surface area (Å²) < 4.78 is 37.6. The number of nitrogens with zero attached hydrogens (tertiary/aromatic N) is 1. The highest BCUT2D eigenvalue weighted by Gasteiger charge is 2.39. The first-order valence-electron chi connectivity index (χ1n) is 8.57. The molecular formula is C19H22N2O5S. The molecular weight excluding hydrogens is 368 g/mol. The molecule has 0 radical (unpaired) electrons. The van der Waals surface area contributed by atoms with E-state index >= 15 is 0 Å². The molecule has 2 aromatic carbocycles. The smallest absolute Gasteiger partial charge is 0.243 e. The zero-order chi connectivity index (χ0) is 19.4. The van der Waals surface area contributed by atoms with E-state index in [1.54, 1.807) is 36.4 Å². The Bertz CT molecular complexity index is 912. The number of ether oxygens (including phenoxy) is 2. The molecule has 8 heteroatoms. The zero-order valence-corrected chi connectivity index (χ0v) is 16.0. The molecule has 1 amide bonds. The van der Waals surface area contributed by atoms with E-state index in [4.69, 9.17) is 9.47 Å². The fourth-order valence-corrected chi connectivity index (χ4v) is 4.79. The second kappa shape index (κ2) is 7.98. The standard InChI is InChI=1S/C19H22N2O5S/c1-25-14-9-11-15(12-10-14)27(23,24)21-13-5-7-17(21)19(22)20-16-6-3-4-8-18(16)26-2/h3-4,6,8-12,17H,5,7,13H2,1-2H3,(H,20,22). The lowest BCUT2D eigenvalue weighted by atomic mass is 10.2. The van der Waals surface area contributed by atoms with Gasteiger partial charge in [-0.1, -0.05) is 12.1 Å². The molecule has 1 N–H and O–H groups in total. The van der Waals surface area contributed by atoms with Crippen LogP contribution in [0.15, 0.2) is 53.4 Å². The van der Waals surface area contributed by atoms with Crippen molar-refractivity contribution in [2.75, 3.05) is 26.1 Å². The lowest BCUT2D eigenvalue weighted by Gasteiger charge is -2.23. The third-order valence-corrected chi connectivity index (χ3v) is 6.46. The average molecular weight is 390 g/mol. The van der Waals surface area contributed by atoms with Crippen LogP contribution in [0.4, 0.5) is 5.69 Å². The molecule has 1 unspecified atom stereocenters. The van der Waals surface area contributed by atoms with Crippen LogP contribution in [0, 0.1) is 0 Å². The average Bonchev–Trinajstić information content (AvgIpc) is 3.19. The Morgan fingerprint density at radius 3 is 2.44 bits per heavy atom. The predicted molar refractivity (Wildman–Crippen MR) is 102 cm³/mol. The van der Waals surface area contributed by atoms with Gasteiger partial charge in [0.15, 0.2) is 0 Å². The quantitative estimate of drug-likeness (QED) is 0.819. The van der Waals surface area contributed by atoms with Crippen molar-refractivity contribution in [3.05, 3.63) is 48.5 Å². The molecule has 27 heavy (non-hydrogen) atoms. The molecule has 0 aromatic heterocycles. The van der Waals surface area contributed by atoms with Gasteiger partial charge in [-0.2, -0.15) is 4.31 Å². The van der Waals surface area contributed by atoms with Gasteiger partial charge in [0.05, 0.1) is 24.8 Å². The number of rotatable bonds is 6. The van der Waals surface area contributed by atoms with Crippen molar-refractivity contribution in [1.29, 1.82) is 0 Å². The maximum atomic E-state index is 13.0. The molecule has 0 saturated carbocycles. The highest BCUT2D eigenvalue weighted by molar-refractivity contribution is 7.89. The number of carbonyl (C=O) groups is 1. The van der Waals surface area contributed by atoms with Crippen LogP contribution in [0.25, 0.3) is 0 Å². The first-order chi connectivity index (χ1) is 13.0. The van der Waals surface area contributed by atoms with Gasteiger partial charge in [-0.3, -0.25) is 4.79 Å². The highest BCUT2D eigenvalue weighted by Crippen LogP contribution is 2.29. The summed E-state index contributed by atoms with van der Waals surface area (Å²) in [6.45, 7) is 0.304. The van der Waals surface area contributed by atoms with Gasteiger partial charge in [0.1, 0.15) is 17.5 Å². The van der Waals surface area contributed by atoms with Gasteiger partial charge in [0.25, 0.3) is 0 Å². The SMILES string of the molecule is COc1ccc(S(=O)(=O)N2CCCC2C(=O)Nc2ccccc2OC)cc1. The van der Waals surface area contributed by atoms with Crippen LogP contribution in [-0.4, -0.2) is 45.4 Å². The van der Waals surface area contributed by atoms with Gasteiger partial charge >= 0.3 is 0 Å².